The van der Waals surface area contributed by atoms with Gasteiger partial charge in [0.2, 0.25) is 0 Å². The molecule has 72 valence electrons. The molecule has 1 atom stereocenters. The fourth-order valence-electron chi connectivity index (χ4n) is 0.877. The van der Waals surface area contributed by atoms with E-state index in [4.69, 9.17) is 16.0 Å². The molecule has 0 N–H and O–H groups in total. The quantitative estimate of drug-likeness (QED) is 0.703. The number of ether oxygens (including phenoxy) is 1. The van der Waals surface area contributed by atoms with E-state index in [1.165, 1.54) is 0 Å². The summed E-state index contributed by atoms with van der Waals surface area (Å²) in [7, 11) is 0.340. The lowest BCUT2D eigenvalue weighted by atomic mass is 10.2. The predicted octanol–water partition coefficient (Wildman–Crippen LogP) is 3.18. The minimum absolute atomic E-state index is 0.340. The molecule has 0 radical (unpaired) electrons. The Labute approximate surface area is 86.0 Å². The summed E-state index contributed by atoms with van der Waals surface area (Å²) < 4.78 is 5.53. The van der Waals surface area contributed by atoms with Crippen molar-refractivity contribution in [2.45, 2.75) is 13.8 Å². The lowest BCUT2D eigenvalue weighted by Gasteiger charge is -2.08. The summed E-state index contributed by atoms with van der Waals surface area (Å²) in [5.74, 6) is 1.49. The maximum atomic E-state index is 5.69. The highest BCUT2D eigenvalue weighted by atomic mass is 35.7. The highest BCUT2D eigenvalue weighted by Crippen LogP contribution is 2.18. The second-order valence-electron chi connectivity index (χ2n) is 3.32. The van der Waals surface area contributed by atoms with Crippen molar-refractivity contribution in [1.29, 1.82) is 0 Å². The summed E-state index contributed by atoms with van der Waals surface area (Å²) in [5, 5.41) is 1.15. The third kappa shape index (κ3) is 3.97. The molecule has 1 unspecified atom stereocenters. The van der Waals surface area contributed by atoms with Crippen LogP contribution >= 0.6 is 19.2 Å². The summed E-state index contributed by atoms with van der Waals surface area (Å²) in [6.07, 6.45) is 0. The Morgan fingerprint density at radius 3 is 2.38 bits per heavy atom. The molecular weight excluding hydrogens is 203 g/mol. The van der Waals surface area contributed by atoms with Crippen LogP contribution in [0.25, 0.3) is 0 Å². The van der Waals surface area contributed by atoms with E-state index in [1.54, 1.807) is 0 Å². The first-order chi connectivity index (χ1) is 6.22. The van der Waals surface area contributed by atoms with E-state index in [2.05, 4.69) is 13.8 Å². The molecule has 0 amide bonds. The molecule has 0 saturated carbocycles. The van der Waals surface area contributed by atoms with Crippen LogP contribution in [0.1, 0.15) is 13.8 Å². The summed E-state index contributed by atoms with van der Waals surface area (Å²) in [5.41, 5.74) is 0. The zero-order chi connectivity index (χ0) is 9.68. The summed E-state index contributed by atoms with van der Waals surface area (Å²) in [6, 6.07) is 7.93. The molecule has 0 saturated heterocycles. The van der Waals surface area contributed by atoms with Crippen molar-refractivity contribution in [2.24, 2.45) is 5.92 Å². The topological polar surface area (TPSA) is 9.23 Å². The third-order valence-electron chi connectivity index (χ3n) is 1.55. The molecule has 0 aliphatic heterocycles. The van der Waals surface area contributed by atoms with Crippen LogP contribution in [0.4, 0.5) is 0 Å². The predicted molar refractivity (Wildman–Crippen MR) is 60.6 cm³/mol. The van der Waals surface area contributed by atoms with Crippen molar-refractivity contribution in [3.63, 3.8) is 0 Å². The van der Waals surface area contributed by atoms with Gasteiger partial charge in [-0.2, -0.15) is 0 Å². The molecule has 1 nitrogen and oxygen atoms in total. The molecular formula is C10H14ClOP. The van der Waals surface area contributed by atoms with Crippen LogP contribution in [0, 0.1) is 5.92 Å². The maximum absolute atomic E-state index is 5.69. The van der Waals surface area contributed by atoms with Crippen LogP contribution in [0.5, 0.6) is 5.75 Å². The molecule has 0 heterocycles. The summed E-state index contributed by atoms with van der Waals surface area (Å²) in [6.45, 7) is 5.03. The van der Waals surface area contributed by atoms with Gasteiger partial charge in [0.1, 0.15) is 5.75 Å². The van der Waals surface area contributed by atoms with Crippen molar-refractivity contribution in [3.05, 3.63) is 24.3 Å². The Morgan fingerprint density at radius 1 is 1.31 bits per heavy atom. The van der Waals surface area contributed by atoms with Crippen molar-refractivity contribution < 1.29 is 4.74 Å². The number of rotatable bonds is 4. The van der Waals surface area contributed by atoms with Crippen LogP contribution in [0.15, 0.2) is 24.3 Å². The lowest BCUT2D eigenvalue weighted by molar-refractivity contribution is 0.271. The Morgan fingerprint density at radius 2 is 1.92 bits per heavy atom. The second-order valence-corrected chi connectivity index (χ2v) is 4.66. The normalized spacial score (nSPS) is 11.4. The Balaban J connectivity index is 2.49. The van der Waals surface area contributed by atoms with E-state index in [0.717, 1.165) is 17.7 Å². The van der Waals surface area contributed by atoms with Crippen LogP contribution < -0.4 is 10.0 Å². The first-order valence-electron chi connectivity index (χ1n) is 4.32. The van der Waals surface area contributed by atoms with Crippen molar-refractivity contribution >= 4 is 24.5 Å². The summed E-state index contributed by atoms with van der Waals surface area (Å²) in [4.78, 5) is 0. The minimum Gasteiger partial charge on any atom is -0.493 e. The molecule has 3 heteroatoms. The van der Waals surface area contributed by atoms with Gasteiger partial charge in [0, 0.05) is 7.93 Å². The van der Waals surface area contributed by atoms with E-state index in [0.29, 0.717) is 13.9 Å². The monoisotopic (exact) mass is 216 g/mol. The van der Waals surface area contributed by atoms with Crippen molar-refractivity contribution in [1.82, 2.24) is 0 Å². The van der Waals surface area contributed by atoms with Gasteiger partial charge < -0.3 is 4.74 Å². The SMILES string of the molecule is CC(C)COc1ccc(PCl)cc1. The molecule has 1 aromatic carbocycles. The number of halogens is 1. The van der Waals surface area contributed by atoms with Gasteiger partial charge >= 0.3 is 0 Å². The van der Waals surface area contributed by atoms with Crippen molar-refractivity contribution in [2.75, 3.05) is 6.61 Å². The van der Waals surface area contributed by atoms with Gasteiger partial charge in [0.15, 0.2) is 0 Å². The molecule has 1 aromatic rings. The van der Waals surface area contributed by atoms with Gasteiger partial charge in [-0.3, -0.25) is 0 Å². The fourth-order valence-corrected chi connectivity index (χ4v) is 1.55. The molecule has 0 aliphatic rings. The van der Waals surface area contributed by atoms with Crippen LogP contribution in [0.2, 0.25) is 0 Å². The number of hydrogen-bond acceptors (Lipinski definition) is 1. The fraction of sp³-hybridized carbons (Fsp3) is 0.400. The van der Waals surface area contributed by atoms with Crippen LogP contribution in [-0.2, 0) is 0 Å². The third-order valence-corrected chi connectivity index (χ3v) is 2.75. The standard InChI is InChI=1S/C10H14ClOP/c1-8(2)7-12-9-3-5-10(13-11)6-4-9/h3-6,8,13H,7H2,1-2H3. The smallest absolute Gasteiger partial charge is 0.119 e. The maximum Gasteiger partial charge on any atom is 0.119 e. The van der Waals surface area contributed by atoms with Crippen LogP contribution in [-0.4, -0.2) is 6.61 Å². The zero-order valence-electron chi connectivity index (χ0n) is 7.88. The van der Waals surface area contributed by atoms with Gasteiger partial charge in [-0.05, 0) is 35.5 Å². The van der Waals surface area contributed by atoms with E-state index in [-0.39, 0.29) is 0 Å². The number of hydrogen-bond donors (Lipinski definition) is 0. The molecule has 1 rings (SSSR count). The second kappa shape index (κ2) is 5.47. The van der Waals surface area contributed by atoms with Gasteiger partial charge in [-0.1, -0.05) is 25.1 Å². The molecule has 0 fully saturated rings. The number of benzene rings is 1. The highest BCUT2D eigenvalue weighted by Gasteiger charge is 1.96. The van der Waals surface area contributed by atoms with Gasteiger partial charge in [0.25, 0.3) is 0 Å². The first kappa shape index (κ1) is 10.8. The molecule has 0 bridgehead atoms. The van der Waals surface area contributed by atoms with Crippen LogP contribution in [0.3, 0.4) is 0 Å². The van der Waals surface area contributed by atoms with Gasteiger partial charge in [0.05, 0.1) is 6.61 Å². The average Bonchev–Trinajstić information content (AvgIpc) is 2.15. The van der Waals surface area contributed by atoms with Gasteiger partial charge in [-0.15, -0.1) is 0 Å². The minimum atomic E-state index is 0.340. The van der Waals surface area contributed by atoms with E-state index in [1.807, 2.05) is 24.3 Å². The molecule has 0 spiro atoms. The largest absolute Gasteiger partial charge is 0.493 e. The average molecular weight is 217 g/mol. The Bertz CT molecular complexity index is 246. The van der Waals surface area contributed by atoms with Crippen molar-refractivity contribution in [3.8, 4) is 5.75 Å². The lowest BCUT2D eigenvalue weighted by Crippen LogP contribution is -2.04. The van der Waals surface area contributed by atoms with Gasteiger partial charge in [-0.25, -0.2) is 0 Å². The molecule has 0 aliphatic carbocycles. The van der Waals surface area contributed by atoms with E-state index >= 15 is 0 Å². The highest BCUT2D eigenvalue weighted by molar-refractivity contribution is 7.74. The van der Waals surface area contributed by atoms with E-state index in [9.17, 15) is 0 Å². The van der Waals surface area contributed by atoms with E-state index < -0.39 is 0 Å². The first-order valence-corrected chi connectivity index (χ1v) is 6.33. The summed E-state index contributed by atoms with van der Waals surface area (Å²) >= 11 is 5.69. The molecule has 0 aromatic heterocycles. The molecule has 13 heavy (non-hydrogen) atoms. The Hall–Kier alpha value is -0.260. The Kier molecular flexibility index (Phi) is 4.55. The zero-order valence-corrected chi connectivity index (χ0v) is 9.64.